The Kier molecular flexibility index (Phi) is 0.922. The Morgan fingerprint density at radius 2 is 2.33 bits per heavy atom. The SMILES string of the molecule is C=C[C@@H]1S[C@@H]1C. The lowest BCUT2D eigenvalue weighted by Crippen LogP contribution is -1.77. The molecule has 2 atom stereocenters. The quantitative estimate of drug-likeness (QED) is 0.357. The average Bonchev–Trinajstić information content (AvgIpc) is 2.19. The molecule has 0 radical (unpaired) electrons. The van der Waals surface area contributed by atoms with E-state index in [4.69, 9.17) is 0 Å². The van der Waals surface area contributed by atoms with Crippen LogP contribution < -0.4 is 0 Å². The van der Waals surface area contributed by atoms with Gasteiger partial charge in [0.05, 0.1) is 0 Å². The van der Waals surface area contributed by atoms with Gasteiger partial charge in [-0.2, -0.15) is 0 Å². The number of hydrogen-bond donors (Lipinski definition) is 0. The van der Waals surface area contributed by atoms with E-state index in [-0.39, 0.29) is 0 Å². The molecule has 0 nitrogen and oxygen atoms in total. The Bertz CT molecular complexity index is 68.3. The molecule has 1 rings (SSSR count). The molecule has 1 heteroatoms. The maximum Gasteiger partial charge on any atom is 0.0344 e. The van der Waals surface area contributed by atoms with Gasteiger partial charge in [-0.05, 0) is 0 Å². The second kappa shape index (κ2) is 1.30. The smallest absolute Gasteiger partial charge is 0.0344 e. The molecule has 1 aliphatic heterocycles. The van der Waals surface area contributed by atoms with Crippen LogP contribution in [0.25, 0.3) is 0 Å². The molecule has 6 heavy (non-hydrogen) atoms. The van der Waals surface area contributed by atoms with Crippen LogP contribution in [0.3, 0.4) is 0 Å². The number of rotatable bonds is 1. The summed E-state index contributed by atoms with van der Waals surface area (Å²) in [5, 5.41) is 1.65. The summed E-state index contributed by atoms with van der Waals surface area (Å²) in [6, 6.07) is 0. The first-order valence-corrected chi connectivity index (χ1v) is 3.07. The Hall–Kier alpha value is 0.0900. The van der Waals surface area contributed by atoms with Crippen LogP contribution >= 0.6 is 11.8 Å². The minimum Gasteiger partial charge on any atom is -0.149 e. The molecule has 0 saturated carbocycles. The predicted molar refractivity (Wildman–Crippen MR) is 31.0 cm³/mol. The van der Waals surface area contributed by atoms with Crippen molar-refractivity contribution in [2.24, 2.45) is 0 Å². The van der Waals surface area contributed by atoms with Gasteiger partial charge in [0.15, 0.2) is 0 Å². The predicted octanol–water partition coefficient (Wildman–Crippen LogP) is 1.68. The Balaban J connectivity index is 2.25. The van der Waals surface area contributed by atoms with E-state index in [0.29, 0.717) is 0 Å². The third kappa shape index (κ3) is 0.597. The first kappa shape index (κ1) is 4.25. The summed E-state index contributed by atoms with van der Waals surface area (Å²) in [5.74, 6) is 0. The normalized spacial score (nSPS) is 42.2. The number of hydrogen-bond acceptors (Lipinski definition) is 1. The highest BCUT2D eigenvalue weighted by Crippen LogP contribution is 2.40. The van der Waals surface area contributed by atoms with Gasteiger partial charge >= 0.3 is 0 Å². The molecule has 1 heterocycles. The van der Waals surface area contributed by atoms with Crippen molar-refractivity contribution in [2.75, 3.05) is 0 Å². The van der Waals surface area contributed by atoms with Gasteiger partial charge in [0, 0.05) is 10.5 Å². The average molecular weight is 100 g/mol. The van der Waals surface area contributed by atoms with Crippen molar-refractivity contribution >= 4 is 11.8 Å². The maximum absolute atomic E-state index is 3.65. The Labute approximate surface area is 42.6 Å². The standard InChI is InChI=1S/C5H8S/c1-3-5-4(2)6-5/h3-5H,1H2,2H3/t4-,5+/m1/s1. The third-order valence-electron chi connectivity index (χ3n) is 0.990. The van der Waals surface area contributed by atoms with Gasteiger partial charge in [-0.25, -0.2) is 0 Å². The van der Waals surface area contributed by atoms with Crippen molar-refractivity contribution in [1.82, 2.24) is 0 Å². The van der Waals surface area contributed by atoms with Gasteiger partial charge in [-0.15, -0.1) is 18.3 Å². The van der Waals surface area contributed by atoms with E-state index in [1.807, 2.05) is 17.8 Å². The van der Waals surface area contributed by atoms with Crippen LogP contribution in [0.5, 0.6) is 0 Å². The van der Waals surface area contributed by atoms with E-state index in [2.05, 4.69) is 13.5 Å². The molecule has 0 aliphatic carbocycles. The highest BCUT2D eigenvalue weighted by atomic mass is 32.2. The summed E-state index contributed by atoms with van der Waals surface area (Å²) < 4.78 is 0. The van der Waals surface area contributed by atoms with E-state index in [1.54, 1.807) is 0 Å². The molecule has 0 aromatic rings. The fourth-order valence-electron chi connectivity index (χ4n) is 0.450. The molecule has 0 spiro atoms. The zero-order chi connectivity index (χ0) is 4.57. The van der Waals surface area contributed by atoms with Crippen LogP contribution in [0.2, 0.25) is 0 Å². The van der Waals surface area contributed by atoms with Crippen molar-refractivity contribution < 1.29 is 0 Å². The largest absolute Gasteiger partial charge is 0.149 e. The molecule has 0 unspecified atom stereocenters. The van der Waals surface area contributed by atoms with Crippen LogP contribution in [0.4, 0.5) is 0 Å². The molecule has 0 bridgehead atoms. The highest BCUT2D eigenvalue weighted by molar-refractivity contribution is 8.07. The van der Waals surface area contributed by atoms with E-state index in [0.717, 1.165) is 10.5 Å². The molecular weight excluding hydrogens is 92.1 g/mol. The second-order valence-corrected chi connectivity index (χ2v) is 3.10. The monoisotopic (exact) mass is 100 g/mol. The van der Waals surface area contributed by atoms with Gasteiger partial charge in [-0.3, -0.25) is 0 Å². The summed E-state index contributed by atoms with van der Waals surface area (Å²) in [6.45, 7) is 5.87. The molecule has 34 valence electrons. The van der Waals surface area contributed by atoms with Gasteiger partial charge in [-0.1, -0.05) is 13.0 Å². The summed E-state index contributed by atoms with van der Waals surface area (Å²) >= 11 is 1.97. The van der Waals surface area contributed by atoms with Gasteiger partial charge < -0.3 is 0 Å². The summed E-state index contributed by atoms with van der Waals surface area (Å²) in [6.07, 6.45) is 2.01. The zero-order valence-corrected chi connectivity index (χ0v) is 4.66. The zero-order valence-electron chi connectivity index (χ0n) is 3.85. The molecule has 1 aliphatic rings. The minimum absolute atomic E-state index is 0.782. The van der Waals surface area contributed by atoms with Crippen LogP contribution in [0.1, 0.15) is 6.92 Å². The van der Waals surface area contributed by atoms with Gasteiger partial charge in [0.25, 0.3) is 0 Å². The van der Waals surface area contributed by atoms with E-state index in [1.165, 1.54) is 0 Å². The molecule has 0 aromatic carbocycles. The molecule has 1 fully saturated rings. The number of thioether (sulfide) groups is 1. The fraction of sp³-hybridized carbons (Fsp3) is 0.600. The maximum atomic E-state index is 3.65. The van der Waals surface area contributed by atoms with Crippen molar-refractivity contribution in [2.45, 2.75) is 17.4 Å². The summed E-state index contributed by atoms with van der Waals surface area (Å²) in [5.41, 5.74) is 0. The fourth-order valence-corrected chi connectivity index (χ4v) is 1.08. The van der Waals surface area contributed by atoms with Crippen molar-refractivity contribution in [3.05, 3.63) is 12.7 Å². The van der Waals surface area contributed by atoms with Crippen LogP contribution in [-0.2, 0) is 0 Å². The van der Waals surface area contributed by atoms with Crippen LogP contribution in [0, 0.1) is 0 Å². The lowest BCUT2D eigenvalue weighted by molar-refractivity contribution is 1.13. The van der Waals surface area contributed by atoms with Crippen molar-refractivity contribution in [1.29, 1.82) is 0 Å². The van der Waals surface area contributed by atoms with Crippen molar-refractivity contribution in [3.63, 3.8) is 0 Å². The van der Waals surface area contributed by atoms with E-state index in [9.17, 15) is 0 Å². The van der Waals surface area contributed by atoms with E-state index >= 15 is 0 Å². The van der Waals surface area contributed by atoms with E-state index < -0.39 is 0 Å². The molecular formula is C5H8S. The molecule has 0 aromatic heterocycles. The minimum atomic E-state index is 0.782. The first-order valence-electron chi connectivity index (χ1n) is 2.12. The Morgan fingerprint density at radius 3 is 2.33 bits per heavy atom. The Morgan fingerprint density at radius 1 is 1.83 bits per heavy atom. The van der Waals surface area contributed by atoms with Gasteiger partial charge in [0.2, 0.25) is 0 Å². The van der Waals surface area contributed by atoms with Crippen molar-refractivity contribution in [3.8, 4) is 0 Å². The van der Waals surface area contributed by atoms with Gasteiger partial charge in [0.1, 0.15) is 0 Å². The lowest BCUT2D eigenvalue weighted by atomic mass is 10.3. The summed E-state index contributed by atoms with van der Waals surface area (Å²) in [4.78, 5) is 0. The van der Waals surface area contributed by atoms with Crippen LogP contribution in [-0.4, -0.2) is 10.5 Å². The molecule has 0 amide bonds. The third-order valence-corrected chi connectivity index (χ3v) is 2.31. The van der Waals surface area contributed by atoms with Crippen LogP contribution in [0.15, 0.2) is 12.7 Å². The second-order valence-electron chi connectivity index (χ2n) is 1.54. The lowest BCUT2D eigenvalue weighted by Gasteiger charge is -1.68. The molecule has 0 N–H and O–H groups in total. The summed E-state index contributed by atoms with van der Waals surface area (Å²) in [7, 11) is 0. The highest BCUT2D eigenvalue weighted by Gasteiger charge is 2.29. The topological polar surface area (TPSA) is 0 Å². The first-order chi connectivity index (χ1) is 2.84. The molecule has 1 saturated heterocycles.